The van der Waals surface area contributed by atoms with Crippen LogP contribution in [0.3, 0.4) is 0 Å². The maximum Gasteiger partial charge on any atom is 0.253 e. The second-order valence-electron chi connectivity index (χ2n) is 6.18. The van der Waals surface area contributed by atoms with Crippen LogP contribution in [-0.4, -0.2) is 40.8 Å². The van der Waals surface area contributed by atoms with Crippen molar-refractivity contribution in [3.05, 3.63) is 59.2 Å². The van der Waals surface area contributed by atoms with E-state index in [9.17, 15) is 13.2 Å². The van der Waals surface area contributed by atoms with E-state index in [2.05, 4.69) is 11.4 Å². The number of carbonyl (C=O) groups is 1. The molecule has 2 aromatic carbocycles. The minimum absolute atomic E-state index is 0.298. The van der Waals surface area contributed by atoms with Gasteiger partial charge in [-0.25, -0.2) is 8.42 Å². The molecule has 0 bridgehead atoms. The summed E-state index contributed by atoms with van der Waals surface area (Å²) in [5.74, 6) is 0.411. The van der Waals surface area contributed by atoms with E-state index in [1.807, 2.05) is 26.0 Å². The van der Waals surface area contributed by atoms with Gasteiger partial charge >= 0.3 is 0 Å². The Morgan fingerprint density at radius 2 is 1.73 bits per heavy atom. The summed E-state index contributed by atoms with van der Waals surface area (Å²) >= 11 is 0. The average Bonchev–Trinajstić information content (AvgIpc) is 2.56. The van der Waals surface area contributed by atoms with Gasteiger partial charge in [0.1, 0.15) is 12.4 Å². The van der Waals surface area contributed by atoms with Crippen molar-refractivity contribution in [3.63, 3.8) is 0 Å². The molecule has 0 atom stereocenters. The molecule has 6 nitrogen and oxygen atoms in total. The molecule has 0 spiro atoms. The minimum atomic E-state index is -3.45. The summed E-state index contributed by atoms with van der Waals surface area (Å²) in [6, 6.07) is 12.5. The SMILES string of the molecule is Cc1cc(C)cc(OCCNC(=O)c2ccccc2N(C)S(C)(=O)=O)c1. The number of sulfonamides is 1. The number of ether oxygens (including phenoxy) is 1. The molecule has 0 aliphatic rings. The molecule has 0 heterocycles. The predicted molar refractivity (Wildman–Crippen MR) is 103 cm³/mol. The zero-order valence-corrected chi connectivity index (χ0v) is 16.3. The molecule has 0 saturated carbocycles. The Hall–Kier alpha value is -2.54. The highest BCUT2D eigenvalue weighted by Gasteiger charge is 2.19. The molecule has 1 N–H and O–H groups in total. The average molecular weight is 376 g/mol. The summed E-state index contributed by atoms with van der Waals surface area (Å²) in [7, 11) is -2.03. The summed E-state index contributed by atoms with van der Waals surface area (Å²) < 4.78 is 30.3. The van der Waals surface area contributed by atoms with E-state index in [1.165, 1.54) is 7.05 Å². The van der Waals surface area contributed by atoms with E-state index in [1.54, 1.807) is 24.3 Å². The number of carbonyl (C=O) groups excluding carboxylic acids is 1. The highest BCUT2D eigenvalue weighted by atomic mass is 32.2. The molecule has 0 radical (unpaired) electrons. The lowest BCUT2D eigenvalue weighted by Crippen LogP contribution is -2.31. The Kier molecular flexibility index (Phi) is 6.26. The topological polar surface area (TPSA) is 75.7 Å². The summed E-state index contributed by atoms with van der Waals surface area (Å²) in [6.45, 7) is 4.62. The van der Waals surface area contributed by atoms with Gasteiger partial charge in [-0.05, 0) is 49.2 Å². The smallest absolute Gasteiger partial charge is 0.253 e. The van der Waals surface area contributed by atoms with Crippen molar-refractivity contribution in [2.75, 3.05) is 30.8 Å². The van der Waals surface area contributed by atoms with E-state index >= 15 is 0 Å². The Labute approximate surface area is 154 Å². The van der Waals surface area contributed by atoms with Gasteiger partial charge in [0.05, 0.1) is 24.1 Å². The summed E-state index contributed by atoms with van der Waals surface area (Å²) in [4.78, 5) is 12.4. The fourth-order valence-electron chi connectivity index (χ4n) is 2.56. The number of nitrogens with zero attached hydrogens (tertiary/aromatic N) is 1. The molecule has 0 aliphatic carbocycles. The molecule has 0 aliphatic heterocycles. The van der Waals surface area contributed by atoms with Crippen LogP contribution < -0.4 is 14.4 Å². The molecular weight excluding hydrogens is 352 g/mol. The van der Waals surface area contributed by atoms with Crippen molar-refractivity contribution in [1.82, 2.24) is 5.32 Å². The fourth-order valence-corrected chi connectivity index (χ4v) is 3.08. The normalized spacial score (nSPS) is 11.1. The van der Waals surface area contributed by atoms with Gasteiger partial charge in [0.2, 0.25) is 10.0 Å². The van der Waals surface area contributed by atoms with Gasteiger partial charge in [-0.3, -0.25) is 9.10 Å². The summed E-state index contributed by atoms with van der Waals surface area (Å²) in [5, 5.41) is 2.76. The van der Waals surface area contributed by atoms with Gasteiger partial charge in [0.25, 0.3) is 5.91 Å². The maximum atomic E-state index is 12.4. The first-order chi connectivity index (χ1) is 12.2. The van der Waals surface area contributed by atoms with Gasteiger partial charge in [-0.15, -0.1) is 0 Å². The number of anilines is 1. The van der Waals surface area contributed by atoms with Crippen LogP contribution in [0.5, 0.6) is 5.75 Å². The van der Waals surface area contributed by atoms with Gasteiger partial charge in [0, 0.05) is 7.05 Å². The summed E-state index contributed by atoms with van der Waals surface area (Å²) in [5.41, 5.74) is 2.86. The van der Waals surface area contributed by atoms with Gasteiger partial charge in [-0.2, -0.15) is 0 Å². The molecule has 0 fully saturated rings. The van der Waals surface area contributed by atoms with Crippen LogP contribution in [0.2, 0.25) is 0 Å². The van der Waals surface area contributed by atoms with E-state index in [-0.39, 0.29) is 5.91 Å². The van der Waals surface area contributed by atoms with Crippen molar-refractivity contribution < 1.29 is 17.9 Å². The van der Waals surface area contributed by atoms with Crippen LogP contribution >= 0.6 is 0 Å². The monoisotopic (exact) mass is 376 g/mol. The number of para-hydroxylation sites is 1. The Morgan fingerprint density at radius 1 is 1.12 bits per heavy atom. The van der Waals surface area contributed by atoms with E-state index < -0.39 is 10.0 Å². The second kappa shape index (κ2) is 8.23. The third kappa shape index (κ3) is 5.23. The van der Waals surface area contributed by atoms with Crippen molar-refractivity contribution >= 4 is 21.6 Å². The highest BCUT2D eigenvalue weighted by molar-refractivity contribution is 7.92. The van der Waals surface area contributed by atoms with Crippen LogP contribution in [0, 0.1) is 13.8 Å². The Balaban J connectivity index is 1.98. The lowest BCUT2D eigenvalue weighted by atomic mass is 10.1. The second-order valence-corrected chi connectivity index (χ2v) is 8.19. The van der Waals surface area contributed by atoms with Crippen molar-refractivity contribution in [2.45, 2.75) is 13.8 Å². The quantitative estimate of drug-likeness (QED) is 0.754. The lowest BCUT2D eigenvalue weighted by molar-refractivity contribution is 0.0947. The number of nitrogens with one attached hydrogen (secondary N) is 1. The van der Waals surface area contributed by atoms with Crippen LogP contribution in [0.1, 0.15) is 21.5 Å². The zero-order valence-electron chi connectivity index (χ0n) is 15.4. The number of hydrogen-bond acceptors (Lipinski definition) is 4. The Morgan fingerprint density at radius 3 is 2.35 bits per heavy atom. The van der Waals surface area contributed by atoms with Crippen LogP contribution in [0.4, 0.5) is 5.69 Å². The minimum Gasteiger partial charge on any atom is -0.492 e. The number of hydrogen-bond donors (Lipinski definition) is 1. The predicted octanol–water partition coefficient (Wildman–Crippen LogP) is 2.51. The Bertz CT molecular complexity index is 874. The zero-order chi connectivity index (χ0) is 19.3. The largest absolute Gasteiger partial charge is 0.492 e. The number of aryl methyl sites for hydroxylation is 2. The first kappa shape index (κ1) is 19.8. The third-order valence-corrected chi connectivity index (χ3v) is 5.03. The number of benzene rings is 2. The molecule has 140 valence electrons. The maximum absolute atomic E-state index is 12.4. The molecular formula is C19H24N2O4S. The van der Waals surface area contributed by atoms with Gasteiger partial charge < -0.3 is 10.1 Å². The van der Waals surface area contributed by atoms with Gasteiger partial charge in [-0.1, -0.05) is 18.2 Å². The van der Waals surface area contributed by atoms with E-state index in [4.69, 9.17) is 4.74 Å². The molecule has 1 amide bonds. The highest BCUT2D eigenvalue weighted by Crippen LogP contribution is 2.21. The number of amides is 1. The summed E-state index contributed by atoms with van der Waals surface area (Å²) in [6.07, 6.45) is 1.10. The molecule has 0 saturated heterocycles. The molecule has 2 rings (SSSR count). The molecule has 2 aromatic rings. The fraction of sp³-hybridized carbons (Fsp3) is 0.316. The molecule has 0 unspecified atom stereocenters. The molecule has 0 aromatic heterocycles. The standard InChI is InChI=1S/C19H24N2O4S/c1-14-11-15(2)13-16(12-14)25-10-9-20-19(22)17-7-5-6-8-18(17)21(3)26(4,23)24/h5-8,11-13H,9-10H2,1-4H3,(H,20,22). The third-order valence-electron chi connectivity index (χ3n) is 3.84. The van der Waals surface area contributed by atoms with E-state index in [0.29, 0.717) is 24.4 Å². The first-order valence-electron chi connectivity index (χ1n) is 8.20. The van der Waals surface area contributed by atoms with Gasteiger partial charge in [0.15, 0.2) is 0 Å². The molecule has 26 heavy (non-hydrogen) atoms. The van der Waals surface area contributed by atoms with Crippen LogP contribution in [0.15, 0.2) is 42.5 Å². The van der Waals surface area contributed by atoms with Crippen molar-refractivity contribution in [1.29, 1.82) is 0 Å². The van der Waals surface area contributed by atoms with Crippen molar-refractivity contribution in [3.8, 4) is 5.75 Å². The van der Waals surface area contributed by atoms with E-state index in [0.717, 1.165) is 27.4 Å². The van der Waals surface area contributed by atoms with Crippen LogP contribution in [-0.2, 0) is 10.0 Å². The number of rotatable bonds is 7. The first-order valence-corrected chi connectivity index (χ1v) is 10.1. The lowest BCUT2D eigenvalue weighted by Gasteiger charge is -2.19. The molecule has 7 heteroatoms. The van der Waals surface area contributed by atoms with Crippen LogP contribution in [0.25, 0.3) is 0 Å². The van der Waals surface area contributed by atoms with Crippen molar-refractivity contribution in [2.24, 2.45) is 0 Å².